The van der Waals surface area contributed by atoms with Crippen LogP contribution in [-0.2, 0) is 16.1 Å². The van der Waals surface area contributed by atoms with E-state index in [9.17, 15) is 9.59 Å². The smallest absolute Gasteiger partial charge is 0.246 e. The molecule has 0 bridgehead atoms. The lowest BCUT2D eigenvalue weighted by Crippen LogP contribution is -2.49. The standard InChI is InChI=1S/C28H33N3O2/c32-26(12-11-23-7-3-1-4-8-23)30-15-13-28(14-16-30)21-25(28)27(33)31-19-17-29(18-20-31)22-24-9-5-2-6-10-24/h1-12,25H,13-22H2/b12-11+. The summed E-state index contributed by atoms with van der Waals surface area (Å²) in [4.78, 5) is 32.2. The molecular weight excluding hydrogens is 410 g/mol. The second-order valence-electron chi connectivity index (χ2n) is 9.78. The molecule has 0 N–H and O–H groups in total. The maximum absolute atomic E-state index is 13.2. The number of piperidine rings is 1. The molecule has 2 saturated heterocycles. The second kappa shape index (κ2) is 9.52. The van der Waals surface area contributed by atoms with Gasteiger partial charge in [-0.3, -0.25) is 14.5 Å². The van der Waals surface area contributed by atoms with Crippen molar-refractivity contribution in [2.24, 2.45) is 11.3 Å². The SMILES string of the molecule is O=C(/C=C/c1ccccc1)N1CCC2(CC1)CC2C(=O)N1CCN(Cc2ccccc2)CC1. The summed E-state index contributed by atoms with van der Waals surface area (Å²) >= 11 is 0. The van der Waals surface area contributed by atoms with Crippen molar-refractivity contribution in [2.75, 3.05) is 39.3 Å². The molecule has 1 spiro atoms. The maximum atomic E-state index is 13.2. The Kier molecular flexibility index (Phi) is 6.32. The van der Waals surface area contributed by atoms with Crippen LogP contribution in [0.25, 0.3) is 6.08 Å². The van der Waals surface area contributed by atoms with Gasteiger partial charge in [0.25, 0.3) is 0 Å². The van der Waals surface area contributed by atoms with Gasteiger partial charge in [0, 0.05) is 57.8 Å². The van der Waals surface area contributed by atoms with Crippen molar-refractivity contribution in [2.45, 2.75) is 25.8 Å². The first-order valence-corrected chi connectivity index (χ1v) is 12.2. The molecule has 3 fully saturated rings. The molecule has 2 aliphatic heterocycles. The van der Waals surface area contributed by atoms with Crippen LogP contribution in [0.1, 0.15) is 30.4 Å². The van der Waals surface area contributed by atoms with Gasteiger partial charge in [0.1, 0.15) is 0 Å². The molecule has 1 atom stereocenters. The fourth-order valence-corrected chi connectivity index (χ4v) is 5.45. The summed E-state index contributed by atoms with van der Waals surface area (Å²) < 4.78 is 0. The molecule has 5 heteroatoms. The molecule has 3 aliphatic rings. The van der Waals surface area contributed by atoms with Crippen molar-refractivity contribution >= 4 is 17.9 Å². The molecule has 0 radical (unpaired) electrons. The van der Waals surface area contributed by atoms with Crippen molar-refractivity contribution in [3.63, 3.8) is 0 Å². The summed E-state index contributed by atoms with van der Waals surface area (Å²) in [6.07, 6.45) is 6.45. The van der Waals surface area contributed by atoms with Crippen LogP contribution in [0.3, 0.4) is 0 Å². The topological polar surface area (TPSA) is 43.9 Å². The average molecular weight is 444 g/mol. The van der Waals surface area contributed by atoms with Gasteiger partial charge in [0.15, 0.2) is 0 Å². The van der Waals surface area contributed by atoms with Gasteiger partial charge in [-0.15, -0.1) is 0 Å². The number of amides is 2. The first kappa shape index (κ1) is 21.9. The Labute approximate surface area is 196 Å². The Morgan fingerprint density at radius 2 is 1.45 bits per heavy atom. The molecule has 1 saturated carbocycles. The minimum absolute atomic E-state index is 0.0757. The fourth-order valence-electron chi connectivity index (χ4n) is 5.45. The van der Waals surface area contributed by atoms with Gasteiger partial charge < -0.3 is 9.80 Å². The molecule has 2 aromatic carbocycles. The third-order valence-electron chi connectivity index (χ3n) is 7.71. The summed E-state index contributed by atoms with van der Waals surface area (Å²) in [5.74, 6) is 0.583. The maximum Gasteiger partial charge on any atom is 0.246 e. The average Bonchev–Trinajstić information content (AvgIpc) is 3.57. The molecule has 2 aromatic rings. The minimum atomic E-state index is 0.0757. The zero-order valence-electron chi connectivity index (χ0n) is 19.2. The normalized spacial score (nSPS) is 22.6. The number of hydrogen-bond acceptors (Lipinski definition) is 3. The molecule has 1 unspecified atom stereocenters. The predicted octanol–water partition coefficient (Wildman–Crippen LogP) is 3.67. The highest BCUT2D eigenvalue weighted by Gasteiger charge is 2.59. The van der Waals surface area contributed by atoms with Crippen LogP contribution in [0.5, 0.6) is 0 Å². The Balaban J connectivity index is 1.07. The van der Waals surface area contributed by atoms with Gasteiger partial charge in [0.05, 0.1) is 0 Å². The third-order valence-corrected chi connectivity index (χ3v) is 7.71. The fraction of sp³-hybridized carbons (Fsp3) is 0.429. The number of carbonyl (C=O) groups excluding carboxylic acids is 2. The number of rotatable bonds is 5. The van der Waals surface area contributed by atoms with Crippen LogP contribution < -0.4 is 0 Å². The number of benzene rings is 2. The lowest BCUT2D eigenvalue weighted by atomic mass is 9.90. The number of piperazine rings is 1. The van der Waals surface area contributed by atoms with Crippen LogP contribution in [0.4, 0.5) is 0 Å². The van der Waals surface area contributed by atoms with Crippen LogP contribution in [0, 0.1) is 11.3 Å². The molecule has 1 aliphatic carbocycles. The highest BCUT2D eigenvalue weighted by atomic mass is 16.2. The predicted molar refractivity (Wildman–Crippen MR) is 130 cm³/mol. The second-order valence-corrected chi connectivity index (χ2v) is 9.78. The first-order chi connectivity index (χ1) is 16.1. The summed E-state index contributed by atoms with van der Waals surface area (Å²) in [5, 5.41) is 0. The Bertz CT molecular complexity index is 988. The summed E-state index contributed by atoms with van der Waals surface area (Å²) in [7, 11) is 0. The number of hydrogen-bond donors (Lipinski definition) is 0. The van der Waals surface area contributed by atoms with Gasteiger partial charge in [-0.2, -0.15) is 0 Å². The van der Waals surface area contributed by atoms with Crippen molar-refractivity contribution in [1.82, 2.24) is 14.7 Å². The van der Waals surface area contributed by atoms with Crippen LogP contribution in [0.2, 0.25) is 0 Å². The minimum Gasteiger partial charge on any atom is -0.340 e. The van der Waals surface area contributed by atoms with E-state index in [1.807, 2.05) is 47.4 Å². The number of carbonyl (C=O) groups is 2. The third kappa shape index (κ3) is 5.03. The van der Waals surface area contributed by atoms with Crippen LogP contribution >= 0.6 is 0 Å². The van der Waals surface area contributed by atoms with E-state index in [2.05, 4.69) is 34.1 Å². The van der Waals surface area contributed by atoms with Crippen LogP contribution in [0.15, 0.2) is 66.7 Å². The molecule has 5 nitrogen and oxygen atoms in total. The Morgan fingerprint density at radius 3 is 2.12 bits per heavy atom. The highest BCUT2D eigenvalue weighted by Crippen LogP contribution is 2.60. The summed E-state index contributed by atoms with van der Waals surface area (Å²) in [6.45, 7) is 6.01. The van der Waals surface area contributed by atoms with Gasteiger partial charge in [-0.25, -0.2) is 0 Å². The molecule has 2 heterocycles. The number of likely N-dealkylation sites (tertiary alicyclic amines) is 1. The van der Waals surface area contributed by atoms with Gasteiger partial charge in [-0.05, 0) is 41.9 Å². The Morgan fingerprint density at radius 1 is 0.818 bits per heavy atom. The largest absolute Gasteiger partial charge is 0.340 e. The van der Waals surface area contributed by atoms with E-state index >= 15 is 0 Å². The molecule has 2 amide bonds. The van der Waals surface area contributed by atoms with E-state index in [4.69, 9.17) is 0 Å². The van der Waals surface area contributed by atoms with E-state index < -0.39 is 0 Å². The van der Waals surface area contributed by atoms with Gasteiger partial charge in [-0.1, -0.05) is 60.7 Å². The zero-order valence-corrected chi connectivity index (χ0v) is 19.2. The first-order valence-electron chi connectivity index (χ1n) is 12.2. The van der Waals surface area contributed by atoms with E-state index in [1.54, 1.807) is 6.08 Å². The lowest BCUT2D eigenvalue weighted by Gasteiger charge is -2.36. The quantitative estimate of drug-likeness (QED) is 0.663. The molecular formula is C28H33N3O2. The van der Waals surface area contributed by atoms with E-state index in [1.165, 1.54) is 5.56 Å². The lowest BCUT2D eigenvalue weighted by molar-refractivity contribution is -0.135. The van der Waals surface area contributed by atoms with Crippen molar-refractivity contribution in [3.8, 4) is 0 Å². The molecule has 172 valence electrons. The highest BCUT2D eigenvalue weighted by molar-refractivity contribution is 5.92. The van der Waals surface area contributed by atoms with E-state index in [0.717, 1.165) is 70.6 Å². The molecule has 5 rings (SSSR count). The Hall–Kier alpha value is -2.92. The van der Waals surface area contributed by atoms with Crippen molar-refractivity contribution in [3.05, 3.63) is 77.9 Å². The monoisotopic (exact) mass is 443 g/mol. The molecule has 33 heavy (non-hydrogen) atoms. The number of nitrogens with zero attached hydrogens (tertiary/aromatic N) is 3. The summed E-state index contributed by atoms with van der Waals surface area (Å²) in [6, 6.07) is 20.5. The summed E-state index contributed by atoms with van der Waals surface area (Å²) in [5.41, 5.74) is 2.51. The van der Waals surface area contributed by atoms with Crippen molar-refractivity contribution in [1.29, 1.82) is 0 Å². The van der Waals surface area contributed by atoms with Gasteiger partial charge >= 0.3 is 0 Å². The zero-order chi connectivity index (χ0) is 22.7. The molecule has 0 aromatic heterocycles. The van der Waals surface area contributed by atoms with E-state index in [0.29, 0.717) is 5.91 Å². The van der Waals surface area contributed by atoms with Gasteiger partial charge in [0.2, 0.25) is 11.8 Å². The van der Waals surface area contributed by atoms with E-state index in [-0.39, 0.29) is 17.2 Å². The van der Waals surface area contributed by atoms with Crippen molar-refractivity contribution < 1.29 is 9.59 Å². The van der Waals surface area contributed by atoms with Crippen LogP contribution in [-0.4, -0.2) is 65.8 Å².